The molecule has 2 aromatic heterocycles. The predicted molar refractivity (Wildman–Crippen MR) is 54.3 cm³/mol. The molecule has 0 unspecified atom stereocenters. The van der Waals surface area contributed by atoms with Gasteiger partial charge in [-0.1, -0.05) is 0 Å². The molecule has 0 saturated heterocycles. The Kier molecular flexibility index (Phi) is 1.92. The smallest absolute Gasteiger partial charge is 0.358 e. The standard InChI is InChI=1S/C8H6BrN3O2/c9-4-2-1-3-12-6(10)5(8(13)14)11-7(4)12/h1-3H,10H2,(H,13,14). The van der Waals surface area contributed by atoms with E-state index in [2.05, 4.69) is 20.9 Å². The lowest BCUT2D eigenvalue weighted by atomic mass is 10.4. The van der Waals surface area contributed by atoms with Crippen molar-refractivity contribution < 1.29 is 9.90 Å². The number of rotatable bonds is 1. The average molecular weight is 256 g/mol. The van der Waals surface area contributed by atoms with Crippen LogP contribution in [0.25, 0.3) is 5.65 Å². The van der Waals surface area contributed by atoms with Gasteiger partial charge in [0.05, 0.1) is 4.47 Å². The average Bonchev–Trinajstić information content (AvgIpc) is 2.46. The number of hydrogen-bond donors (Lipinski definition) is 2. The Morgan fingerprint density at radius 1 is 1.64 bits per heavy atom. The van der Waals surface area contributed by atoms with Crippen molar-refractivity contribution in [1.29, 1.82) is 0 Å². The predicted octanol–water partition coefficient (Wildman–Crippen LogP) is 1.38. The number of aromatic carboxylic acids is 1. The number of anilines is 1. The minimum atomic E-state index is -1.13. The van der Waals surface area contributed by atoms with Gasteiger partial charge in [0, 0.05) is 6.20 Å². The van der Waals surface area contributed by atoms with Crippen LogP contribution in [0.3, 0.4) is 0 Å². The van der Waals surface area contributed by atoms with Crippen LogP contribution in [0.2, 0.25) is 0 Å². The van der Waals surface area contributed by atoms with E-state index in [4.69, 9.17) is 10.8 Å². The van der Waals surface area contributed by atoms with E-state index in [9.17, 15) is 4.79 Å². The highest BCUT2D eigenvalue weighted by atomic mass is 79.9. The number of aromatic nitrogens is 2. The van der Waals surface area contributed by atoms with Gasteiger partial charge in [-0.05, 0) is 28.1 Å². The second kappa shape index (κ2) is 2.98. The molecule has 2 heterocycles. The largest absolute Gasteiger partial charge is 0.476 e. The van der Waals surface area contributed by atoms with Crippen LogP contribution in [0, 0.1) is 0 Å². The van der Waals surface area contributed by atoms with E-state index in [0.717, 1.165) is 0 Å². The maximum Gasteiger partial charge on any atom is 0.358 e. The number of nitrogen functional groups attached to an aromatic ring is 1. The number of nitrogens with two attached hydrogens (primary N) is 1. The van der Waals surface area contributed by atoms with Crippen LogP contribution in [-0.4, -0.2) is 20.5 Å². The zero-order chi connectivity index (χ0) is 10.3. The van der Waals surface area contributed by atoms with Gasteiger partial charge in [0.2, 0.25) is 0 Å². The van der Waals surface area contributed by atoms with Crippen molar-refractivity contribution in [3.8, 4) is 0 Å². The first-order valence-electron chi connectivity index (χ1n) is 3.76. The number of nitrogens with zero attached hydrogens (tertiary/aromatic N) is 2. The first-order valence-corrected chi connectivity index (χ1v) is 4.56. The summed E-state index contributed by atoms with van der Waals surface area (Å²) >= 11 is 3.26. The lowest BCUT2D eigenvalue weighted by Crippen LogP contribution is -2.02. The van der Waals surface area contributed by atoms with E-state index in [0.29, 0.717) is 10.1 Å². The maximum atomic E-state index is 10.7. The quantitative estimate of drug-likeness (QED) is 0.807. The molecule has 0 radical (unpaired) electrons. The third-order valence-electron chi connectivity index (χ3n) is 1.84. The molecule has 0 fully saturated rings. The number of hydrogen-bond acceptors (Lipinski definition) is 3. The molecular formula is C8H6BrN3O2. The van der Waals surface area contributed by atoms with Gasteiger partial charge >= 0.3 is 5.97 Å². The maximum absolute atomic E-state index is 10.7. The molecular weight excluding hydrogens is 250 g/mol. The molecule has 0 aliphatic heterocycles. The third-order valence-corrected chi connectivity index (χ3v) is 2.46. The topological polar surface area (TPSA) is 80.6 Å². The van der Waals surface area contributed by atoms with Crippen molar-refractivity contribution in [3.05, 3.63) is 28.5 Å². The molecule has 5 nitrogen and oxygen atoms in total. The molecule has 0 aliphatic rings. The number of carboxylic acid groups (broad SMARTS) is 1. The molecule has 0 amide bonds. The van der Waals surface area contributed by atoms with Gasteiger partial charge in [0.1, 0.15) is 5.82 Å². The number of pyridine rings is 1. The van der Waals surface area contributed by atoms with Crippen LogP contribution in [0.4, 0.5) is 5.82 Å². The zero-order valence-corrected chi connectivity index (χ0v) is 8.52. The lowest BCUT2D eigenvalue weighted by molar-refractivity contribution is 0.0692. The van der Waals surface area contributed by atoms with Crippen molar-refractivity contribution in [2.45, 2.75) is 0 Å². The van der Waals surface area contributed by atoms with Crippen LogP contribution in [0.1, 0.15) is 10.5 Å². The molecule has 3 N–H and O–H groups in total. The number of imidazole rings is 1. The van der Waals surface area contributed by atoms with Gasteiger partial charge in [-0.15, -0.1) is 0 Å². The minimum Gasteiger partial charge on any atom is -0.476 e. The fourth-order valence-electron chi connectivity index (χ4n) is 1.21. The fourth-order valence-corrected chi connectivity index (χ4v) is 1.64. The molecule has 2 rings (SSSR count). The highest BCUT2D eigenvalue weighted by Gasteiger charge is 2.16. The van der Waals surface area contributed by atoms with Gasteiger partial charge in [-0.3, -0.25) is 4.40 Å². The number of halogens is 1. The van der Waals surface area contributed by atoms with Crippen molar-refractivity contribution in [2.24, 2.45) is 0 Å². The zero-order valence-electron chi connectivity index (χ0n) is 6.94. The monoisotopic (exact) mass is 255 g/mol. The van der Waals surface area contributed by atoms with Crippen LogP contribution >= 0.6 is 15.9 Å². The van der Waals surface area contributed by atoms with E-state index in [1.165, 1.54) is 4.40 Å². The first kappa shape index (κ1) is 9.01. The van der Waals surface area contributed by atoms with Gasteiger partial charge in [0.15, 0.2) is 11.3 Å². The Labute approximate surface area is 87.3 Å². The van der Waals surface area contributed by atoms with Crippen LogP contribution < -0.4 is 5.73 Å². The summed E-state index contributed by atoms with van der Waals surface area (Å²) in [6.07, 6.45) is 1.66. The van der Waals surface area contributed by atoms with Crippen LogP contribution in [0.15, 0.2) is 22.8 Å². The number of carboxylic acids is 1. The lowest BCUT2D eigenvalue weighted by Gasteiger charge is -1.96. The van der Waals surface area contributed by atoms with Gasteiger partial charge in [-0.25, -0.2) is 9.78 Å². The van der Waals surface area contributed by atoms with Crippen molar-refractivity contribution in [1.82, 2.24) is 9.38 Å². The number of carbonyl (C=O) groups is 1. The van der Waals surface area contributed by atoms with E-state index in [-0.39, 0.29) is 11.5 Å². The molecule has 2 aromatic rings. The summed E-state index contributed by atoms with van der Waals surface area (Å²) in [7, 11) is 0. The molecule has 0 saturated carbocycles. The minimum absolute atomic E-state index is 0.128. The van der Waals surface area contributed by atoms with E-state index in [1.54, 1.807) is 18.3 Å². The Hall–Kier alpha value is -1.56. The van der Waals surface area contributed by atoms with Crippen LogP contribution in [-0.2, 0) is 0 Å². The highest BCUT2D eigenvalue weighted by molar-refractivity contribution is 9.10. The van der Waals surface area contributed by atoms with Crippen molar-refractivity contribution in [3.63, 3.8) is 0 Å². The second-order valence-electron chi connectivity index (χ2n) is 2.70. The second-order valence-corrected chi connectivity index (χ2v) is 3.55. The highest BCUT2D eigenvalue weighted by Crippen LogP contribution is 2.21. The molecule has 0 bridgehead atoms. The van der Waals surface area contributed by atoms with E-state index in [1.807, 2.05) is 0 Å². The summed E-state index contributed by atoms with van der Waals surface area (Å²) in [6.45, 7) is 0. The normalized spacial score (nSPS) is 10.6. The Bertz CT molecular complexity index is 521. The molecule has 0 aromatic carbocycles. The molecule has 0 aliphatic carbocycles. The Morgan fingerprint density at radius 2 is 2.36 bits per heavy atom. The van der Waals surface area contributed by atoms with Crippen LogP contribution in [0.5, 0.6) is 0 Å². The third kappa shape index (κ3) is 1.15. The van der Waals surface area contributed by atoms with E-state index >= 15 is 0 Å². The molecule has 0 spiro atoms. The van der Waals surface area contributed by atoms with Crippen molar-refractivity contribution >= 4 is 33.4 Å². The molecule has 72 valence electrons. The van der Waals surface area contributed by atoms with Crippen molar-refractivity contribution in [2.75, 3.05) is 5.73 Å². The summed E-state index contributed by atoms with van der Waals surface area (Å²) in [6, 6.07) is 3.52. The summed E-state index contributed by atoms with van der Waals surface area (Å²) < 4.78 is 2.23. The van der Waals surface area contributed by atoms with E-state index < -0.39 is 5.97 Å². The molecule has 14 heavy (non-hydrogen) atoms. The van der Waals surface area contributed by atoms with Gasteiger partial charge in [0.25, 0.3) is 0 Å². The Morgan fingerprint density at radius 3 is 2.93 bits per heavy atom. The summed E-state index contributed by atoms with van der Waals surface area (Å²) in [5.74, 6) is -0.994. The summed E-state index contributed by atoms with van der Waals surface area (Å²) in [4.78, 5) is 14.6. The molecule has 6 heteroatoms. The Balaban J connectivity index is 2.86. The summed E-state index contributed by atoms with van der Waals surface area (Å²) in [5.41, 5.74) is 5.98. The number of fused-ring (bicyclic) bond motifs is 1. The van der Waals surface area contributed by atoms with Gasteiger partial charge in [-0.2, -0.15) is 0 Å². The summed E-state index contributed by atoms with van der Waals surface area (Å²) in [5, 5.41) is 8.79. The fraction of sp³-hybridized carbons (Fsp3) is 0. The molecule has 0 atom stereocenters. The SMILES string of the molecule is Nc1c(C(=O)O)nc2c(Br)cccn12. The van der Waals surface area contributed by atoms with Gasteiger partial charge < -0.3 is 10.8 Å². The first-order chi connectivity index (χ1) is 6.61.